The van der Waals surface area contributed by atoms with Gasteiger partial charge in [-0.15, -0.1) is 0 Å². The zero-order valence-corrected chi connectivity index (χ0v) is 11.6. The quantitative estimate of drug-likeness (QED) is 0.657. The first kappa shape index (κ1) is 12.2. The Kier molecular flexibility index (Phi) is 3.44. The van der Waals surface area contributed by atoms with Crippen molar-refractivity contribution in [3.63, 3.8) is 0 Å². The minimum absolute atomic E-state index is 0.341. The van der Waals surface area contributed by atoms with Gasteiger partial charge in [0.2, 0.25) is 0 Å². The molecule has 1 fully saturated rings. The van der Waals surface area contributed by atoms with Gasteiger partial charge in [0.25, 0.3) is 0 Å². The molecule has 0 aliphatic carbocycles. The molecule has 0 spiro atoms. The third-order valence-electron chi connectivity index (χ3n) is 3.62. The highest BCUT2D eigenvalue weighted by Crippen LogP contribution is 2.38. The number of hydrogen-bond donors (Lipinski definition) is 0. The normalized spacial score (nSPS) is 25.7. The molecule has 1 aliphatic heterocycles. The van der Waals surface area contributed by atoms with Gasteiger partial charge in [0.05, 0.1) is 6.10 Å². The first-order chi connectivity index (χ1) is 6.22. The number of likely N-dealkylation sites (tertiary alicyclic amines) is 1. The molecule has 0 aromatic heterocycles. The summed E-state index contributed by atoms with van der Waals surface area (Å²) in [5.41, 5.74) is 0. The van der Waals surface area contributed by atoms with Crippen molar-refractivity contribution in [3.8, 4) is 0 Å². The average Bonchev–Trinajstić information content (AvgIpc) is 2.31. The minimum atomic E-state index is -1.53. The number of nitrogens with zero attached hydrogens (tertiary/aromatic N) is 1. The Balaban J connectivity index is 2.51. The summed E-state index contributed by atoms with van der Waals surface area (Å²) in [5, 5.41) is 0.341. The van der Waals surface area contributed by atoms with Crippen LogP contribution in [0.3, 0.4) is 0 Å². The van der Waals surface area contributed by atoms with Crippen molar-refractivity contribution >= 4 is 8.32 Å². The van der Waals surface area contributed by atoms with E-state index in [2.05, 4.69) is 45.8 Å². The molecule has 3 heteroatoms. The summed E-state index contributed by atoms with van der Waals surface area (Å²) in [6.07, 6.45) is 1.70. The van der Waals surface area contributed by atoms with E-state index in [4.69, 9.17) is 4.43 Å². The van der Waals surface area contributed by atoms with Crippen molar-refractivity contribution in [2.45, 2.75) is 51.4 Å². The summed E-state index contributed by atoms with van der Waals surface area (Å²) in [6.45, 7) is 13.9. The molecular formula is C11H25NOSi. The molecule has 0 aromatic rings. The van der Waals surface area contributed by atoms with Gasteiger partial charge in [-0.25, -0.2) is 0 Å². The van der Waals surface area contributed by atoms with Gasteiger partial charge in [0.15, 0.2) is 8.32 Å². The molecule has 0 aromatic carbocycles. The van der Waals surface area contributed by atoms with Crippen molar-refractivity contribution in [1.29, 1.82) is 0 Å². The highest BCUT2D eigenvalue weighted by Gasteiger charge is 2.40. The molecule has 2 nitrogen and oxygen atoms in total. The van der Waals surface area contributed by atoms with E-state index >= 15 is 0 Å². The minimum Gasteiger partial charge on any atom is -0.413 e. The molecule has 0 bridgehead atoms. The van der Waals surface area contributed by atoms with Crippen LogP contribution in [-0.2, 0) is 4.43 Å². The Bertz CT molecular complexity index is 198. The maximum absolute atomic E-state index is 6.33. The highest BCUT2D eigenvalue weighted by atomic mass is 28.4. The lowest BCUT2D eigenvalue weighted by Crippen LogP contribution is -2.44. The standard InChI is InChI=1S/C11H25NOSi/c1-11(2,3)14(5,6)13-10-7-8-12(4)9-10/h10H,7-9H2,1-6H3/t10-/m1/s1. The molecule has 14 heavy (non-hydrogen) atoms. The van der Waals surface area contributed by atoms with Crippen LogP contribution in [0.5, 0.6) is 0 Å². The van der Waals surface area contributed by atoms with E-state index in [9.17, 15) is 0 Å². The molecule has 1 aliphatic rings. The molecule has 1 rings (SSSR count). The van der Waals surface area contributed by atoms with E-state index < -0.39 is 8.32 Å². The second kappa shape index (κ2) is 3.95. The van der Waals surface area contributed by atoms with Crippen LogP contribution in [0.2, 0.25) is 18.1 Å². The lowest BCUT2D eigenvalue weighted by atomic mass is 10.2. The van der Waals surface area contributed by atoms with Gasteiger partial charge < -0.3 is 9.33 Å². The Morgan fingerprint density at radius 2 is 1.86 bits per heavy atom. The van der Waals surface area contributed by atoms with Crippen LogP contribution < -0.4 is 0 Å². The van der Waals surface area contributed by atoms with Crippen LogP contribution in [0, 0.1) is 0 Å². The lowest BCUT2D eigenvalue weighted by molar-refractivity contribution is 0.187. The summed E-state index contributed by atoms with van der Waals surface area (Å²) in [4.78, 5) is 2.36. The Morgan fingerprint density at radius 3 is 2.21 bits per heavy atom. The monoisotopic (exact) mass is 215 g/mol. The van der Waals surface area contributed by atoms with Crippen molar-refractivity contribution in [3.05, 3.63) is 0 Å². The fourth-order valence-electron chi connectivity index (χ4n) is 1.58. The molecule has 84 valence electrons. The van der Waals surface area contributed by atoms with Gasteiger partial charge in [-0.05, 0) is 31.6 Å². The van der Waals surface area contributed by atoms with E-state index in [1.54, 1.807) is 0 Å². The Morgan fingerprint density at radius 1 is 1.29 bits per heavy atom. The number of likely N-dealkylation sites (N-methyl/N-ethyl adjacent to an activating group) is 1. The second-order valence-corrected chi connectivity index (χ2v) is 10.8. The predicted molar refractivity (Wildman–Crippen MR) is 64.2 cm³/mol. The van der Waals surface area contributed by atoms with E-state index in [-0.39, 0.29) is 0 Å². The van der Waals surface area contributed by atoms with Gasteiger partial charge in [-0.2, -0.15) is 0 Å². The zero-order valence-electron chi connectivity index (χ0n) is 10.6. The topological polar surface area (TPSA) is 12.5 Å². The highest BCUT2D eigenvalue weighted by molar-refractivity contribution is 6.74. The fourth-order valence-corrected chi connectivity index (χ4v) is 2.96. The molecule has 1 heterocycles. The zero-order chi connectivity index (χ0) is 11.0. The summed E-state index contributed by atoms with van der Waals surface area (Å²) in [6, 6.07) is 0. The molecule has 0 saturated carbocycles. The van der Waals surface area contributed by atoms with Crippen LogP contribution in [0.15, 0.2) is 0 Å². The third kappa shape index (κ3) is 2.81. The summed E-state index contributed by atoms with van der Waals surface area (Å²) in [7, 11) is 0.649. The molecule has 0 amide bonds. The van der Waals surface area contributed by atoms with Crippen LogP contribution in [0.1, 0.15) is 27.2 Å². The summed E-state index contributed by atoms with van der Waals surface area (Å²) < 4.78 is 6.33. The fraction of sp³-hybridized carbons (Fsp3) is 1.00. The van der Waals surface area contributed by atoms with E-state index in [1.165, 1.54) is 13.0 Å². The van der Waals surface area contributed by atoms with Crippen LogP contribution in [0.25, 0.3) is 0 Å². The summed E-state index contributed by atoms with van der Waals surface area (Å²) in [5.74, 6) is 0. The van der Waals surface area contributed by atoms with Crippen molar-refractivity contribution in [2.75, 3.05) is 20.1 Å². The first-order valence-corrected chi connectivity index (χ1v) is 8.49. The van der Waals surface area contributed by atoms with Gasteiger partial charge in [-0.3, -0.25) is 0 Å². The smallest absolute Gasteiger partial charge is 0.192 e. The third-order valence-corrected chi connectivity index (χ3v) is 8.15. The van der Waals surface area contributed by atoms with E-state index in [0.717, 1.165) is 6.54 Å². The molecular weight excluding hydrogens is 190 g/mol. The Labute approximate surface area is 89.8 Å². The van der Waals surface area contributed by atoms with Crippen LogP contribution >= 0.6 is 0 Å². The maximum Gasteiger partial charge on any atom is 0.192 e. The predicted octanol–water partition coefficient (Wildman–Crippen LogP) is 2.71. The maximum atomic E-state index is 6.33. The Hall–Kier alpha value is 0.137. The molecule has 0 radical (unpaired) electrons. The number of rotatable bonds is 2. The van der Waals surface area contributed by atoms with Crippen molar-refractivity contribution in [2.24, 2.45) is 0 Å². The van der Waals surface area contributed by atoms with Gasteiger partial charge in [0.1, 0.15) is 0 Å². The van der Waals surface area contributed by atoms with Gasteiger partial charge in [0, 0.05) is 13.1 Å². The van der Waals surface area contributed by atoms with Crippen molar-refractivity contribution in [1.82, 2.24) is 4.90 Å². The SMILES string of the molecule is CN1CC[C@@H](O[Si](C)(C)C(C)(C)C)C1. The average molecular weight is 215 g/mol. The van der Waals surface area contributed by atoms with Crippen LogP contribution in [0.4, 0.5) is 0 Å². The molecule has 1 atom stereocenters. The van der Waals surface area contributed by atoms with E-state index in [1.807, 2.05) is 0 Å². The number of hydrogen-bond acceptors (Lipinski definition) is 2. The molecule has 0 N–H and O–H groups in total. The lowest BCUT2D eigenvalue weighted by Gasteiger charge is -2.38. The molecule has 1 saturated heterocycles. The van der Waals surface area contributed by atoms with E-state index in [0.29, 0.717) is 11.1 Å². The molecule has 0 unspecified atom stereocenters. The largest absolute Gasteiger partial charge is 0.413 e. The van der Waals surface area contributed by atoms with Crippen molar-refractivity contribution < 1.29 is 4.43 Å². The summed E-state index contributed by atoms with van der Waals surface area (Å²) >= 11 is 0. The second-order valence-electron chi connectivity index (χ2n) is 6.05. The van der Waals surface area contributed by atoms with Crippen LogP contribution in [-0.4, -0.2) is 39.5 Å². The first-order valence-electron chi connectivity index (χ1n) is 5.59. The van der Waals surface area contributed by atoms with Gasteiger partial charge >= 0.3 is 0 Å². The van der Waals surface area contributed by atoms with Gasteiger partial charge in [-0.1, -0.05) is 20.8 Å².